The fourth-order valence-corrected chi connectivity index (χ4v) is 2.36. The van der Waals surface area contributed by atoms with Crippen LogP contribution in [0.15, 0.2) is 42.5 Å². The quantitative estimate of drug-likeness (QED) is 0.892. The number of hydrogen-bond donors (Lipinski definition) is 1. The molecule has 1 atom stereocenters. The normalized spacial score (nSPS) is 12.2. The minimum absolute atomic E-state index is 0.0616. The molecule has 1 unspecified atom stereocenters. The van der Waals surface area contributed by atoms with Crippen molar-refractivity contribution in [3.05, 3.63) is 64.4 Å². The highest BCUT2D eigenvalue weighted by Crippen LogP contribution is 2.27. The monoisotopic (exact) mass is 293 g/mol. The lowest BCUT2D eigenvalue weighted by atomic mass is 9.98. The Morgan fingerprint density at radius 3 is 2.60 bits per heavy atom. The Bertz CT molecular complexity index is 588. The second-order valence-corrected chi connectivity index (χ2v) is 4.81. The maximum Gasteiger partial charge on any atom is 0.141 e. The molecule has 2 aromatic rings. The van der Waals surface area contributed by atoms with E-state index in [-0.39, 0.29) is 11.1 Å². The van der Waals surface area contributed by atoms with Crippen LogP contribution in [0.1, 0.15) is 24.1 Å². The van der Waals surface area contributed by atoms with Crippen molar-refractivity contribution in [1.82, 2.24) is 5.32 Å². The molecular formula is C16H17ClFNO. The first-order chi connectivity index (χ1) is 9.65. The molecule has 0 aliphatic rings. The third-order valence-electron chi connectivity index (χ3n) is 3.07. The molecule has 0 fully saturated rings. The van der Waals surface area contributed by atoms with Crippen LogP contribution in [0.2, 0.25) is 5.02 Å². The van der Waals surface area contributed by atoms with Gasteiger partial charge in [0.15, 0.2) is 0 Å². The molecule has 0 aromatic heterocycles. The second kappa shape index (κ2) is 6.73. The number of rotatable bonds is 5. The lowest BCUT2D eigenvalue weighted by Crippen LogP contribution is -2.17. The summed E-state index contributed by atoms with van der Waals surface area (Å²) in [6.45, 7) is 2.57. The SMILES string of the molecule is CCOc1cccc(C(NC)c2ccc(F)c(Cl)c2)c1. The van der Waals surface area contributed by atoms with E-state index in [2.05, 4.69) is 5.32 Å². The van der Waals surface area contributed by atoms with Crippen LogP contribution < -0.4 is 10.1 Å². The molecule has 2 nitrogen and oxygen atoms in total. The number of ether oxygens (including phenoxy) is 1. The smallest absolute Gasteiger partial charge is 0.141 e. The number of benzene rings is 2. The van der Waals surface area contributed by atoms with Crippen LogP contribution in [-0.4, -0.2) is 13.7 Å². The Morgan fingerprint density at radius 1 is 1.20 bits per heavy atom. The predicted molar refractivity (Wildman–Crippen MR) is 79.9 cm³/mol. The number of nitrogens with one attached hydrogen (secondary N) is 1. The molecule has 0 saturated carbocycles. The van der Waals surface area contributed by atoms with E-state index in [1.807, 2.05) is 38.2 Å². The highest BCUT2D eigenvalue weighted by molar-refractivity contribution is 6.30. The van der Waals surface area contributed by atoms with Crippen molar-refractivity contribution < 1.29 is 9.13 Å². The van der Waals surface area contributed by atoms with Crippen molar-refractivity contribution in [3.8, 4) is 5.75 Å². The van der Waals surface area contributed by atoms with Crippen LogP contribution >= 0.6 is 11.6 Å². The van der Waals surface area contributed by atoms with Crippen molar-refractivity contribution in [3.63, 3.8) is 0 Å². The van der Waals surface area contributed by atoms with Crippen LogP contribution in [0.5, 0.6) is 5.75 Å². The van der Waals surface area contributed by atoms with Crippen LogP contribution in [0.25, 0.3) is 0 Å². The summed E-state index contributed by atoms with van der Waals surface area (Å²) in [4.78, 5) is 0. The molecule has 4 heteroatoms. The summed E-state index contributed by atoms with van der Waals surface area (Å²) >= 11 is 5.86. The van der Waals surface area contributed by atoms with E-state index < -0.39 is 5.82 Å². The number of halogens is 2. The van der Waals surface area contributed by atoms with Crippen LogP contribution in [0.3, 0.4) is 0 Å². The van der Waals surface area contributed by atoms with E-state index in [0.717, 1.165) is 16.9 Å². The molecule has 0 spiro atoms. The molecule has 0 saturated heterocycles. The third-order valence-corrected chi connectivity index (χ3v) is 3.36. The van der Waals surface area contributed by atoms with E-state index in [1.54, 1.807) is 12.1 Å². The van der Waals surface area contributed by atoms with E-state index in [0.29, 0.717) is 6.61 Å². The van der Waals surface area contributed by atoms with Gasteiger partial charge in [0.25, 0.3) is 0 Å². The first kappa shape index (κ1) is 14.8. The van der Waals surface area contributed by atoms with Crippen molar-refractivity contribution in [2.45, 2.75) is 13.0 Å². The topological polar surface area (TPSA) is 21.3 Å². The van der Waals surface area contributed by atoms with E-state index in [4.69, 9.17) is 16.3 Å². The van der Waals surface area contributed by atoms with Gasteiger partial charge in [-0.25, -0.2) is 4.39 Å². The van der Waals surface area contributed by atoms with Gasteiger partial charge in [-0.05, 0) is 49.4 Å². The molecule has 0 amide bonds. The Morgan fingerprint density at radius 2 is 1.95 bits per heavy atom. The largest absolute Gasteiger partial charge is 0.494 e. The van der Waals surface area contributed by atoms with Gasteiger partial charge >= 0.3 is 0 Å². The maximum atomic E-state index is 13.3. The summed E-state index contributed by atoms with van der Waals surface area (Å²) in [7, 11) is 1.86. The lowest BCUT2D eigenvalue weighted by molar-refractivity contribution is 0.339. The Kier molecular flexibility index (Phi) is 4.99. The van der Waals surface area contributed by atoms with E-state index in [1.165, 1.54) is 6.07 Å². The first-order valence-corrected chi connectivity index (χ1v) is 6.88. The van der Waals surface area contributed by atoms with Gasteiger partial charge in [-0.2, -0.15) is 0 Å². The number of hydrogen-bond acceptors (Lipinski definition) is 2. The molecular weight excluding hydrogens is 277 g/mol. The van der Waals surface area contributed by atoms with Crippen molar-refractivity contribution in [2.24, 2.45) is 0 Å². The van der Waals surface area contributed by atoms with Gasteiger partial charge in [0, 0.05) is 0 Å². The zero-order valence-electron chi connectivity index (χ0n) is 11.5. The van der Waals surface area contributed by atoms with Crippen LogP contribution in [0, 0.1) is 5.82 Å². The van der Waals surface area contributed by atoms with Gasteiger partial charge in [-0.3, -0.25) is 0 Å². The molecule has 0 aliphatic carbocycles. The minimum atomic E-state index is -0.409. The summed E-state index contributed by atoms with van der Waals surface area (Å²) in [5.74, 6) is 0.409. The van der Waals surface area contributed by atoms with Crippen LogP contribution in [0.4, 0.5) is 4.39 Å². The van der Waals surface area contributed by atoms with Gasteiger partial charge in [-0.15, -0.1) is 0 Å². The maximum absolute atomic E-state index is 13.3. The van der Waals surface area contributed by atoms with Gasteiger partial charge in [-0.1, -0.05) is 29.8 Å². The molecule has 0 bridgehead atoms. The van der Waals surface area contributed by atoms with Crippen molar-refractivity contribution in [2.75, 3.05) is 13.7 Å². The average molecular weight is 294 g/mol. The summed E-state index contributed by atoms with van der Waals surface area (Å²) < 4.78 is 18.8. The fraction of sp³-hybridized carbons (Fsp3) is 0.250. The third kappa shape index (κ3) is 3.30. The highest BCUT2D eigenvalue weighted by atomic mass is 35.5. The van der Waals surface area contributed by atoms with Gasteiger partial charge < -0.3 is 10.1 Å². The molecule has 2 rings (SSSR count). The molecule has 106 valence electrons. The van der Waals surface area contributed by atoms with E-state index >= 15 is 0 Å². The Hall–Kier alpha value is -1.58. The van der Waals surface area contributed by atoms with Gasteiger partial charge in [0.1, 0.15) is 11.6 Å². The average Bonchev–Trinajstić information content (AvgIpc) is 2.44. The minimum Gasteiger partial charge on any atom is -0.494 e. The predicted octanol–water partition coefficient (Wildman–Crippen LogP) is 4.19. The first-order valence-electron chi connectivity index (χ1n) is 6.50. The van der Waals surface area contributed by atoms with E-state index in [9.17, 15) is 4.39 Å². The van der Waals surface area contributed by atoms with Gasteiger partial charge in [0.2, 0.25) is 0 Å². The fourth-order valence-electron chi connectivity index (χ4n) is 2.17. The molecule has 0 heterocycles. The molecule has 1 N–H and O–H groups in total. The highest BCUT2D eigenvalue weighted by Gasteiger charge is 2.14. The Labute approximate surface area is 123 Å². The second-order valence-electron chi connectivity index (χ2n) is 4.40. The molecule has 20 heavy (non-hydrogen) atoms. The molecule has 2 aromatic carbocycles. The summed E-state index contributed by atoms with van der Waals surface area (Å²) in [6, 6.07) is 12.5. The van der Waals surface area contributed by atoms with Crippen molar-refractivity contribution >= 4 is 11.6 Å². The summed E-state index contributed by atoms with van der Waals surface area (Å²) in [5.41, 5.74) is 1.95. The zero-order chi connectivity index (χ0) is 14.5. The van der Waals surface area contributed by atoms with Crippen molar-refractivity contribution in [1.29, 1.82) is 0 Å². The lowest BCUT2D eigenvalue weighted by Gasteiger charge is -2.18. The van der Waals surface area contributed by atoms with Crippen LogP contribution in [-0.2, 0) is 0 Å². The summed E-state index contributed by atoms with van der Waals surface area (Å²) in [5, 5.41) is 3.34. The Balaban J connectivity index is 2.36. The standard InChI is InChI=1S/C16H17ClFNO/c1-3-20-13-6-4-5-11(9-13)16(19-2)12-7-8-15(18)14(17)10-12/h4-10,16,19H,3H2,1-2H3. The van der Waals surface area contributed by atoms with Gasteiger partial charge in [0.05, 0.1) is 17.7 Å². The molecule has 0 aliphatic heterocycles. The zero-order valence-corrected chi connectivity index (χ0v) is 12.2. The molecule has 0 radical (unpaired) electrons. The summed E-state index contributed by atoms with van der Waals surface area (Å²) in [6.07, 6.45) is 0.